The first kappa shape index (κ1) is 15.9. The first-order valence-corrected chi connectivity index (χ1v) is 7.61. The summed E-state index contributed by atoms with van der Waals surface area (Å²) in [6.07, 6.45) is 0. The fourth-order valence-corrected chi connectivity index (χ4v) is 2.17. The average Bonchev–Trinajstić information content (AvgIpc) is 3.10. The van der Waals surface area contributed by atoms with Crippen molar-refractivity contribution < 1.29 is 18.7 Å². The van der Waals surface area contributed by atoms with Gasteiger partial charge in [-0.2, -0.15) is 4.98 Å². The van der Waals surface area contributed by atoms with Crippen molar-refractivity contribution in [2.45, 2.75) is 13.5 Å². The zero-order chi connectivity index (χ0) is 16.8. The van der Waals surface area contributed by atoms with E-state index in [1.807, 2.05) is 55.5 Å². The molecule has 0 aliphatic rings. The number of rotatable bonds is 7. The summed E-state index contributed by atoms with van der Waals surface area (Å²) < 4.78 is 21.7. The van der Waals surface area contributed by atoms with E-state index in [0.717, 1.165) is 11.3 Å². The summed E-state index contributed by atoms with van der Waals surface area (Å²) in [5.74, 6) is 2.94. The lowest BCUT2D eigenvalue weighted by Gasteiger charge is -2.09. The molecule has 124 valence electrons. The Kier molecular flexibility index (Phi) is 4.96. The molecule has 3 aromatic rings. The van der Waals surface area contributed by atoms with Crippen molar-refractivity contribution >= 4 is 0 Å². The van der Waals surface area contributed by atoms with Crippen LogP contribution < -0.4 is 14.2 Å². The average molecular weight is 326 g/mol. The van der Waals surface area contributed by atoms with Crippen LogP contribution in [0.25, 0.3) is 11.4 Å². The summed E-state index contributed by atoms with van der Waals surface area (Å²) in [6.45, 7) is 2.70. The van der Waals surface area contributed by atoms with Crippen molar-refractivity contribution in [1.29, 1.82) is 0 Å². The number of hydrogen-bond donors (Lipinski definition) is 0. The van der Waals surface area contributed by atoms with Gasteiger partial charge in [0.05, 0.1) is 13.7 Å². The maximum Gasteiger partial charge on any atom is 0.264 e. The first-order valence-electron chi connectivity index (χ1n) is 7.61. The largest absolute Gasteiger partial charge is 0.493 e. The minimum atomic E-state index is 0.213. The molecule has 0 aliphatic heterocycles. The fourth-order valence-electron chi connectivity index (χ4n) is 2.17. The Bertz CT molecular complexity index is 787. The van der Waals surface area contributed by atoms with Crippen molar-refractivity contribution in [3.8, 4) is 28.6 Å². The van der Waals surface area contributed by atoms with Crippen molar-refractivity contribution in [1.82, 2.24) is 10.1 Å². The second-order valence-electron chi connectivity index (χ2n) is 4.91. The van der Waals surface area contributed by atoms with E-state index in [4.69, 9.17) is 18.7 Å². The van der Waals surface area contributed by atoms with Crippen molar-refractivity contribution in [3.05, 3.63) is 54.4 Å². The fraction of sp³-hybridized carbons (Fsp3) is 0.222. The van der Waals surface area contributed by atoms with Gasteiger partial charge >= 0.3 is 0 Å². The molecule has 24 heavy (non-hydrogen) atoms. The Morgan fingerprint density at radius 1 is 1.00 bits per heavy atom. The quantitative estimate of drug-likeness (QED) is 0.659. The number of para-hydroxylation sites is 1. The summed E-state index contributed by atoms with van der Waals surface area (Å²) in [7, 11) is 1.59. The Hall–Kier alpha value is -3.02. The van der Waals surface area contributed by atoms with E-state index >= 15 is 0 Å². The normalized spacial score (nSPS) is 10.4. The van der Waals surface area contributed by atoms with Crippen molar-refractivity contribution in [3.63, 3.8) is 0 Å². The standard InChI is InChI=1S/C18H18N2O4/c1-3-22-15-10-9-13(11-16(15)21-2)18-19-17(24-20-18)12-23-14-7-5-4-6-8-14/h4-11H,3,12H2,1-2H3. The molecule has 0 radical (unpaired) electrons. The van der Waals surface area contributed by atoms with E-state index in [1.165, 1.54) is 0 Å². The van der Waals surface area contributed by atoms with Crippen LogP contribution in [0.15, 0.2) is 53.1 Å². The highest BCUT2D eigenvalue weighted by Gasteiger charge is 2.12. The molecule has 0 saturated heterocycles. The third kappa shape index (κ3) is 3.65. The van der Waals surface area contributed by atoms with E-state index in [2.05, 4.69) is 10.1 Å². The number of methoxy groups -OCH3 is 1. The van der Waals surface area contributed by atoms with Gasteiger partial charge in [0.15, 0.2) is 18.1 Å². The van der Waals surface area contributed by atoms with Crippen LogP contribution in [0.3, 0.4) is 0 Å². The minimum absolute atomic E-state index is 0.213. The molecule has 0 amide bonds. The summed E-state index contributed by atoms with van der Waals surface area (Å²) in [6, 6.07) is 15.0. The van der Waals surface area contributed by atoms with Gasteiger partial charge in [0.1, 0.15) is 5.75 Å². The molecule has 0 bridgehead atoms. The van der Waals surface area contributed by atoms with Gasteiger partial charge in [-0.1, -0.05) is 23.4 Å². The van der Waals surface area contributed by atoms with Crippen LogP contribution in [-0.4, -0.2) is 23.9 Å². The predicted molar refractivity (Wildman–Crippen MR) is 88.2 cm³/mol. The van der Waals surface area contributed by atoms with Gasteiger partial charge in [-0.15, -0.1) is 0 Å². The second kappa shape index (κ2) is 7.50. The van der Waals surface area contributed by atoms with Gasteiger partial charge in [-0.3, -0.25) is 0 Å². The number of hydrogen-bond acceptors (Lipinski definition) is 6. The Morgan fingerprint density at radius 3 is 2.58 bits per heavy atom. The van der Waals surface area contributed by atoms with Gasteiger partial charge in [-0.25, -0.2) is 0 Å². The molecule has 0 spiro atoms. The van der Waals surface area contributed by atoms with E-state index in [-0.39, 0.29) is 6.61 Å². The monoisotopic (exact) mass is 326 g/mol. The molecule has 0 aliphatic carbocycles. The molecule has 1 heterocycles. The predicted octanol–water partition coefficient (Wildman–Crippen LogP) is 3.72. The highest BCUT2D eigenvalue weighted by Crippen LogP contribution is 2.31. The molecule has 0 fully saturated rings. The molecule has 6 nitrogen and oxygen atoms in total. The third-order valence-electron chi connectivity index (χ3n) is 3.30. The minimum Gasteiger partial charge on any atom is -0.493 e. The lowest BCUT2D eigenvalue weighted by Crippen LogP contribution is -1.96. The zero-order valence-corrected chi connectivity index (χ0v) is 13.6. The second-order valence-corrected chi connectivity index (χ2v) is 4.91. The van der Waals surface area contributed by atoms with Gasteiger partial charge in [0, 0.05) is 5.56 Å². The molecular formula is C18H18N2O4. The molecule has 0 N–H and O–H groups in total. The van der Waals surface area contributed by atoms with Crippen LogP contribution in [0.5, 0.6) is 17.2 Å². The Labute approximate surface area is 140 Å². The maximum atomic E-state index is 5.60. The molecule has 1 aromatic heterocycles. The van der Waals surface area contributed by atoms with Gasteiger partial charge in [0.25, 0.3) is 5.89 Å². The molecule has 0 saturated carbocycles. The molecule has 3 rings (SSSR count). The van der Waals surface area contributed by atoms with E-state index in [1.54, 1.807) is 7.11 Å². The molecular weight excluding hydrogens is 308 g/mol. The third-order valence-corrected chi connectivity index (χ3v) is 3.30. The molecule has 0 unspecified atom stereocenters. The van der Waals surface area contributed by atoms with Crippen LogP contribution in [0, 0.1) is 0 Å². The summed E-state index contributed by atoms with van der Waals surface area (Å²) in [5, 5.41) is 3.99. The van der Waals surface area contributed by atoms with Crippen LogP contribution >= 0.6 is 0 Å². The topological polar surface area (TPSA) is 66.6 Å². The van der Waals surface area contributed by atoms with Gasteiger partial charge in [0.2, 0.25) is 5.82 Å². The van der Waals surface area contributed by atoms with E-state index < -0.39 is 0 Å². The van der Waals surface area contributed by atoms with Crippen LogP contribution in [-0.2, 0) is 6.61 Å². The number of nitrogens with zero attached hydrogens (tertiary/aromatic N) is 2. The van der Waals surface area contributed by atoms with Crippen LogP contribution in [0.1, 0.15) is 12.8 Å². The Balaban J connectivity index is 1.73. The van der Waals surface area contributed by atoms with E-state index in [9.17, 15) is 0 Å². The van der Waals surface area contributed by atoms with Crippen LogP contribution in [0.4, 0.5) is 0 Å². The van der Waals surface area contributed by atoms with Gasteiger partial charge in [-0.05, 0) is 37.3 Å². The number of aromatic nitrogens is 2. The van der Waals surface area contributed by atoms with Gasteiger partial charge < -0.3 is 18.7 Å². The number of ether oxygens (including phenoxy) is 3. The summed E-state index contributed by atoms with van der Waals surface area (Å²) >= 11 is 0. The highest BCUT2D eigenvalue weighted by atomic mass is 16.5. The zero-order valence-electron chi connectivity index (χ0n) is 13.6. The lowest BCUT2D eigenvalue weighted by molar-refractivity contribution is 0.243. The number of benzene rings is 2. The molecule has 0 atom stereocenters. The van der Waals surface area contributed by atoms with Crippen molar-refractivity contribution in [2.75, 3.05) is 13.7 Å². The Morgan fingerprint density at radius 2 is 1.83 bits per heavy atom. The van der Waals surface area contributed by atoms with Crippen LogP contribution in [0.2, 0.25) is 0 Å². The molecule has 2 aromatic carbocycles. The highest BCUT2D eigenvalue weighted by molar-refractivity contribution is 5.60. The molecule has 6 heteroatoms. The first-order chi connectivity index (χ1) is 11.8. The van der Waals surface area contributed by atoms with E-state index in [0.29, 0.717) is 29.8 Å². The SMILES string of the molecule is CCOc1ccc(-c2noc(COc3ccccc3)n2)cc1OC. The summed E-state index contributed by atoms with van der Waals surface area (Å²) in [4.78, 5) is 4.35. The summed E-state index contributed by atoms with van der Waals surface area (Å²) in [5.41, 5.74) is 0.782. The lowest BCUT2D eigenvalue weighted by atomic mass is 10.2. The maximum absolute atomic E-state index is 5.60. The smallest absolute Gasteiger partial charge is 0.264 e. The van der Waals surface area contributed by atoms with Crippen molar-refractivity contribution in [2.24, 2.45) is 0 Å².